The van der Waals surface area contributed by atoms with Gasteiger partial charge in [-0.05, 0) is 34.7 Å². The van der Waals surface area contributed by atoms with Gasteiger partial charge < -0.3 is 10.1 Å². The van der Waals surface area contributed by atoms with Gasteiger partial charge in [-0.15, -0.1) is 0 Å². The number of halogens is 3. The van der Waals surface area contributed by atoms with Crippen LogP contribution < -0.4 is 10.1 Å². The minimum atomic E-state index is -4.57. The summed E-state index contributed by atoms with van der Waals surface area (Å²) in [6, 6.07) is 10.8. The molecule has 1 aliphatic rings. The molecule has 0 saturated carbocycles. The van der Waals surface area contributed by atoms with Crippen molar-refractivity contribution in [2.24, 2.45) is 0 Å². The van der Waals surface area contributed by atoms with E-state index in [1.54, 1.807) is 0 Å². The van der Waals surface area contributed by atoms with Crippen molar-refractivity contribution in [3.8, 4) is 5.75 Å². The highest BCUT2D eigenvalue weighted by Crippen LogP contribution is 2.34. The maximum atomic E-state index is 13.1. The number of ether oxygens (including phenoxy) is 1. The molecule has 0 spiro atoms. The van der Waals surface area contributed by atoms with Gasteiger partial charge in [-0.25, -0.2) is 0 Å². The van der Waals surface area contributed by atoms with Gasteiger partial charge in [-0.1, -0.05) is 45.0 Å². The highest BCUT2D eigenvalue weighted by atomic mass is 19.4. The van der Waals surface area contributed by atoms with Crippen LogP contribution in [0.3, 0.4) is 0 Å². The highest BCUT2D eigenvalue weighted by molar-refractivity contribution is 5.95. The fraction of sp³-hybridized carbons (Fsp3) is 0.381. The Labute approximate surface area is 156 Å². The van der Waals surface area contributed by atoms with Crippen molar-refractivity contribution >= 4 is 5.91 Å². The summed E-state index contributed by atoms with van der Waals surface area (Å²) < 4.78 is 45.0. The van der Waals surface area contributed by atoms with Crippen LogP contribution in [-0.4, -0.2) is 18.6 Å². The third-order valence-electron chi connectivity index (χ3n) is 4.64. The molecule has 2 aromatic carbocycles. The van der Waals surface area contributed by atoms with Gasteiger partial charge in [0.2, 0.25) is 0 Å². The van der Waals surface area contributed by atoms with Gasteiger partial charge in [-0.3, -0.25) is 4.79 Å². The molecular weight excluding hydrogens is 355 g/mol. The van der Waals surface area contributed by atoms with Gasteiger partial charge in [0.05, 0.1) is 17.7 Å². The van der Waals surface area contributed by atoms with Crippen LogP contribution in [0.15, 0.2) is 42.5 Å². The summed E-state index contributed by atoms with van der Waals surface area (Å²) in [5.74, 6) is 0.0100. The van der Waals surface area contributed by atoms with Crippen LogP contribution in [0, 0.1) is 0 Å². The van der Waals surface area contributed by atoms with Gasteiger partial charge in [0, 0.05) is 6.42 Å². The van der Waals surface area contributed by atoms with Crippen LogP contribution in [0.25, 0.3) is 0 Å². The molecule has 27 heavy (non-hydrogen) atoms. The van der Waals surface area contributed by atoms with E-state index in [0.717, 1.165) is 17.4 Å². The van der Waals surface area contributed by atoms with Gasteiger partial charge in [0.25, 0.3) is 5.91 Å². The Hall–Kier alpha value is -2.50. The first kappa shape index (κ1) is 19.3. The average molecular weight is 377 g/mol. The maximum absolute atomic E-state index is 13.1. The minimum Gasteiger partial charge on any atom is -0.488 e. The smallest absolute Gasteiger partial charge is 0.417 e. The first-order valence-electron chi connectivity index (χ1n) is 8.80. The fourth-order valence-corrected chi connectivity index (χ4v) is 3.13. The van der Waals surface area contributed by atoms with Crippen LogP contribution in [0.2, 0.25) is 0 Å². The van der Waals surface area contributed by atoms with Crippen molar-refractivity contribution in [3.05, 3.63) is 64.7 Å². The number of benzene rings is 2. The quantitative estimate of drug-likeness (QED) is 0.839. The Morgan fingerprint density at radius 1 is 1.15 bits per heavy atom. The van der Waals surface area contributed by atoms with Crippen molar-refractivity contribution < 1.29 is 22.7 Å². The Kier molecular flexibility index (Phi) is 4.93. The lowest BCUT2D eigenvalue weighted by atomic mass is 9.86. The lowest BCUT2D eigenvalue weighted by Crippen LogP contribution is -2.35. The van der Waals surface area contributed by atoms with Crippen LogP contribution in [0.1, 0.15) is 47.8 Å². The molecule has 3 nitrogen and oxygen atoms in total. The molecule has 0 unspecified atom stereocenters. The molecular formula is C21H22F3NO2. The second kappa shape index (κ2) is 6.91. The number of rotatable bonds is 3. The zero-order chi connectivity index (χ0) is 19.8. The van der Waals surface area contributed by atoms with Crippen LogP contribution >= 0.6 is 0 Å². The molecule has 3 rings (SSSR count). The molecule has 1 N–H and O–H groups in total. The number of carbonyl (C=O) groups excluding carboxylic acids is 1. The van der Waals surface area contributed by atoms with Crippen molar-refractivity contribution in [1.29, 1.82) is 0 Å². The number of nitrogens with one attached hydrogen (secondary N) is 1. The number of carbonyl (C=O) groups is 1. The molecule has 144 valence electrons. The molecule has 0 fully saturated rings. The summed E-state index contributed by atoms with van der Waals surface area (Å²) in [5, 5.41) is 2.57. The van der Waals surface area contributed by atoms with E-state index >= 15 is 0 Å². The molecule has 1 atom stereocenters. The maximum Gasteiger partial charge on any atom is 0.417 e. The summed E-state index contributed by atoms with van der Waals surface area (Å²) in [7, 11) is 0. The summed E-state index contributed by atoms with van der Waals surface area (Å²) in [6.45, 7) is 6.52. The molecule has 0 saturated heterocycles. The minimum absolute atomic E-state index is 0.0165. The number of hydrogen-bond donors (Lipinski definition) is 1. The Bertz CT molecular complexity index is 853. The largest absolute Gasteiger partial charge is 0.488 e. The number of fused-ring (bicyclic) bond motifs is 1. The summed E-state index contributed by atoms with van der Waals surface area (Å²) in [6.07, 6.45) is -4.25. The lowest BCUT2D eigenvalue weighted by Gasteiger charge is -2.19. The van der Waals surface area contributed by atoms with Crippen LogP contribution in [0.4, 0.5) is 13.2 Å². The zero-order valence-corrected chi connectivity index (χ0v) is 15.5. The number of alkyl halides is 3. The van der Waals surface area contributed by atoms with Crippen LogP contribution in [-0.2, 0) is 18.0 Å². The number of amides is 1. The number of hydrogen-bond acceptors (Lipinski definition) is 2. The Balaban J connectivity index is 1.66. The summed E-state index contributed by atoms with van der Waals surface area (Å²) in [5.41, 5.74) is 0.942. The third-order valence-corrected chi connectivity index (χ3v) is 4.64. The van der Waals surface area contributed by atoms with E-state index in [0.29, 0.717) is 6.42 Å². The molecule has 0 bridgehead atoms. The predicted octanol–water partition coefficient (Wildman–Crippen LogP) is 4.74. The second-order valence-electron chi connectivity index (χ2n) is 7.77. The summed E-state index contributed by atoms with van der Waals surface area (Å²) in [4.78, 5) is 12.3. The van der Waals surface area contributed by atoms with Crippen molar-refractivity contribution in [1.82, 2.24) is 5.32 Å². The van der Waals surface area contributed by atoms with E-state index in [2.05, 4.69) is 32.2 Å². The second-order valence-corrected chi connectivity index (χ2v) is 7.77. The van der Waals surface area contributed by atoms with E-state index < -0.39 is 17.6 Å². The van der Waals surface area contributed by atoms with Crippen molar-refractivity contribution in [3.63, 3.8) is 0 Å². The van der Waals surface area contributed by atoms with Crippen molar-refractivity contribution in [2.75, 3.05) is 6.54 Å². The molecule has 0 aliphatic carbocycles. The van der Waals surface area contributed by atoms with E-state index in [1.807, 2.05) is 12.1 Å². The van der Waals surface area contributed by atoms with E-state index in [4.69, 9.17) is 4.74 Å². The zero-order valence-electron chi connectivity index (χ0n) is 15.5. The van der Waals surface area contributed by atoms with Gasteiger partial charge >= 0.3 is 6.18 Å². The van der Waals surface area contributed by atoms with Crippen molar-refractivity contribution in [2.45, 2.75) is 44.9 Å². The fourth-order valence-electron chi connectivity index (χ4n) is 3.13. The molecule has 0 radical (unpaired) electrons. The molecule has 1 aliphatic heterocycles. The molecule has 2 aromatic rings. The normalized spacial score (nSPS) is 16.6. The standard InChI is InChI=1S/C21H22F3NO2/c1-20(2,3)14-8-9-18-13(10-14)11-15(27-18)12-25-19(26)16-6-4-5-7-17(16)21(22,23)24/h4-10,15H,11-12H2,1-3H3,(H,25,26)/t15-/m0/s1. The van der Waals surface area contributed by atoms with E-state index in [9.17, 15) is 18.0 Å². The third kappa shape index (κ3) is 4.26. The SMILES string of the molecule is CC(C)(C)c1ccc2c(c1)C[C@@H](CNC(=O)c1ccccc1C(F)(F)F)O2. The Morgan fingerprint density at radius 3 is 2.52 bits per heavy atom. The first-order chi connectivity index (χ1) is 12.6. The monoisotopic (exact) mass is 377 g/mol. The average Bonchev–Trinajstić information content (AvgIpc) is 3.00. The van der Waals surface area contributed by atoms with Gasteiger partial charge in [-0.2, -0.15) is 13.2 Å². The predicted molar refractivity (Wildman–Crippen MR) is 97.0 cm³/mol. The molecule has 6 heteroatoms. The highest BCUT2D eigenvalue weighted by Gasteiger charge is 2.35. The van der Waals surface area contributed by atoms with Crippen LogP contribution in [0.5, 0.6) is 5.75 Å². The van der Waals surface area contributed by atoms with E-state index in [1.165, 1.54) is 23.8 Å². The molecule has 1 heterocycles. The molecule has 0 aromatic heterocycles. The van der Waals surface area contributed by atoms with Gasteiger partial charge in [0.15, 0.2) is 0 Å². The first-order valence-corrected chi connectivity index (χ1v) is 8.80. The topological polar surface area (TPSA) is 38.3 Å². The summed E-state index contributed by atoms with van der Waals surface area (Å²) >= 11 is 0. The van der Waals surface area contributed by atoms with Gasteiger partial charge in [0.1, 0.15) is 11.9 Å². The van der Waals surface area contributed by atoms with E-state index in [-0.39, 0.29) is 23.6 Å². The molecule has 1 amide bonds. The lowest BCUT2D eigenvalue weighted by molar-refractivity contribution is -0.137. The Morgan fingerprint density at radius 2 is 1.85 bits per heavy atom.